The molecule has 0 bridgehead atoms. The SMILES string of the molecule is Cc1cc(C)c2nc(-c3cccnc3)cc(C(=O)Nc3ccc(C(=O)N(C)CCCc4cc(C)no4)cc3)c2c1. The fourth-order valence-corrected chi connectivity index (χ4v) is 4.77. The van der Waals surface area contributed by atoms with Crippen LogP contribution in [0.1, 0.15) is 49.7 Å². The average molecular weight is 534 g/mol. The quantitative estimate of drug-likeness (QED) is 0.256. The molecule has 202 valence electrons. The van der Waals surface area contributed by atoms with Gasteiger partial charge >= 0.3 is 0 Å². The van der Waals surface area contributed by atoms with E-state index in [1.807, 2.05) is 45.0 Å². The van der Waals surface area contributed by atoms with E-state index in [-0.39, 0.29) is 11.8 Å². The highest BCUT2D eigenvalue weighted by molar-refractivity contribution is 6.13. The first kappa shape index (κ1) is 26.7. The molecular formula is C32H31N5O3. The Balaban J connectivity index is 1.32. The van der Waals surface area contributed by atoms with Crippen molar-refractivity contribution in [2.45, 2.75) is 33.6 Å². The third kappa shape index (κ3) is 5.91. The number of amides is 2. The first-order chi connectivity index (χ1) is 19.3. The van der Waals surface area contributed by atoms with Gasteiger partial charge in [0.1, 0.15) is 5.76 Å². The monoisotopic (exact) mass is 533 g/mol. The number of nitrogens with one attached hydrogen (secondary N) is 1. The van der Waals surface area contributed by atoms with E-state index >= 15 is 0 Å². The Labute approximate surface area is 233 Å². The highest BCUT2D eigenvalue weighted by Gasteiger charge is 2.17. The smallest absolute Gasteiger partial charge is 0.256 e. The Bertz CT molecular complexity index is 1680. The molecule has 0 aliphatic carbocycles. The van der Waals surface area contributed by atoms with Crippen molar-refractivity contribution in [3.63, 3.8) is 0 Å². The van der Waals surface area contributed by atoms with E-state index in [9.17, 15) is 9.59 Å². The molecule has 0 saturated carbocycles. The van der Waals surface area contributed by atoms with Gasteiger partial charge in [0.15, 0.2) is 0 Å². The number of benzene rings is 2. The molecule has 0 spiro atoms. The zero-order valence-corrected chi connectivity index (χ0v) is 23.1. The standard InChI is InChI=1S/C32H31N5O3/c1-20-15-21(2)30-27(16-20)28(18-29(35-30)24-7-5-13-33-19-24)31(38)34-25-11-9-23(10-12-25)32(39)37(4)14-6-8-26-17-22(3)36-40-26/h5,7,9-13,15-19H,6,8,14H2,1-4H3,(H,34,38). The first-order valence-electron chi connectivity index (χ1n) is 13.2. The van der Waals surface area contributed by atoms with Crippen molar-refractivity contribution in [3.05, 3.63) is 107 Å². The van der Waals surface area contributed by atoms with Gasteiger partial charge in [-0.15, -0.1) is 0 Å². The predicted octanol–water partition coefficient (Wildman–Crippen LogP) is 6.17. The summed E-state index contributed by atoms with van der Waals surface area (Å²) in [5.41, 5.74) is 6.87. The molecule has 1 N–H and O–H groups in total. The van der Waals surface area contributed by atoms with Gasteiger partial charge in [-0.1, -0.05) is 16.8 Å². The van der Waals surface area contributed by atoms with E-state index in [4.69, 9.17) is 9.51 Å². The summed E-state index contributed by atoms with van der Waals surface area (Å²) < 4.78 is 5.24. The number of nitrogens with zero attached hydrogens (tertiary/aromatic N) is 4. The zero-order valence-electron chi connectivity index (χ0n) is 23.1. The maximum Gasteiger partial charge on any atom is 0.256 e. The topological polar surface area (TPSA) is 101 Å². The molecule has 2 aromatic carbocycles. The number of hydrogen-bond acceptors (Lipinski definition) is 6. The Morgan fingerprint density at radius 3 is 2.50 bits per heavy atom. The minimum Gasteiger partial charge on any atom is -0.361 e. The molecule has 0 aliphatic rings. The second-order valence-electron chi connectivity index (χ2n) is 10.1. The summed E-state index contributed by atoms with van der Waals surface area (Å²) in [7, 11) is 1.78. The molecule has 3 heterocycles. The van der Waals surface area contributed by atoms with Crippen molar-refractivity contribution >= 4 is 28.4 Å². The number of carbonyl (C=O) groups excluding carboxylic acids is 2. The summed E-state index contributed by atoms with van der Waals surface area (Å²) in [6.45, 7) is 6.48. The van der Waals surface area contributed by atoms with Crippen molar-refractivity contribution in [1.29, 1.82) is 0 Å². The molecule has 0 fully saturated rings. The van der Waals surface area contributed by atoms with Gasteiger partial charge in [0.05, 0.1) is 22.5 Å². The number of aromatic nitrogens is 3. The molecule has 2 amide bonds. The minimum atomic E-state index is -0.249. The van der Waals surface area contributed by atoms with Gasteiger partial charge in [-0.3, -0.25) is 14.6 Å². The Hall–Kier alpha value is -4.85. The molecule has 0 aliphatic heterocycles. The summed E-state index contributed by atoms with van der Waals surface area (Å²) >= 11 is 0. The molecule has 3 aromatic heterocycles. The maximum absolute atomic E-state index is 13.6. The molecule has 8 heteroatoms. The molecule has 0 unspecified atom stereocenters. The van der Waals surface area contributed by atoms with Gasteiger partial charge in [0.25, 0.3) is 11.8 Å². The number of fused-ring (bicyclic) bond motifs is 1. The van der Waals surface area contributed by atoms with Crippen molar-refractivity contribution in [1.82, 2.24) is 20.0 Å². The van der Waals surface area contributed by atoms with E-state index < -0.39 is 0 Å². The van der Waals surface area contributed by atoms with Crippen LogP contribution in [-0.4, -0.2) is 45.4 Å². The van der Waals surface area contributed by atoms with Crippen LogP contribution in [0.25, 0.3) is 22.2 Å². The van der Waals surface area contributed by atoms with Gasteiger partial charge in [0, 0.05) is 60.7 Å². The van der Waals surface area contributed by atoms with Gasteiger partial charge in [0.2, 0.25) is 0 Å². The van der Waals surface area contributed by atoms with Gasteiger partial charge in [-0.2, -0.15) is 0 Å². The van der Waals surface area contributed by atoms with Crippen LogP contribution in [0, 0.1) is 20.8 Å². The zero-order chi connectivity index (χ0) is 28.2. The minimum absolute atomic E-state index is 0.0844. The molecule has 8 nitrogen and oxygen atoms in total. The number of pyridine rings is 2. The second kappa shape index (κ2) is 11.5. The van der Waals surface area contributed by atoms with E-state index in [0.29, 0.717) is 35.5 Å². The molecule has 0 radical (unpaired) electrons. The summed E-state index contributed by atoms with van der Waals surface area (Å²) in [5, 5.41) is 7.68. The molecule has 0 saturated heterocycles. The lowest BCUT2D eigenvalue weighted by Gasteiger charge is -2.17. The lowest BCUT2D eigenvalue weighted by molar-refractivity contribution is 0.0792. The number of anilines is 1. The summed E-state index contributed by atoms with van der Waals surface area (Å²) in [4.78, 5) is 37.2. The van der Waals surface area contributed by atoms with Crippen molar-refractivity contribution in [2.75, 3.05) is 18.9 Å². The van der Waals surface area contributed by atoms with Crippen LogP contribution in [-0.2, 0) is 6.42 Å². The Morgan fingerprint density at radius 2 is 1.80 bits per heavy atom. The molecule has 0 atom stereocenters. The van der Waals surface area contributed by atoms with E-state index in [2.05, 4.69) is 21.5 Å². The fraction of sp³-hybridized carbons (Fsp3) is 0.219. The normalized spacial score (nSPS) is 11.0. The van der Waals surface area contributed by atoms with Gasteiger partial charge in [-0.05, 0) is 81.3 Å². The Kier molecular flexibility index (Phi) is 7.68. The van der Waals surface area contributed by atoms with Crippen LogP contribution >= 0.6 is 0 Å². The number of rotatable bonds is 8. The van der Waals surface area contributed by atoms with E-state index in [1.165, 1.54) is 0 Å². The fourth-order valence-electron chi connectivity index (χ4n) is 4.77. The number of aryl methyl sites for hydroxylation is 4. The largest absolute Gasteiger partial charge is 0.361 e. The average Bonchev–Trinajstić information content (AvgIpc) is 3.37. The third-order valence-corrected chi connectivity index (χ3v) is 6.78. The maximum atomic E-state index is 13.6. The summed E-state index contributed by atoms with van der Waals surface area (Å²) in [6.07, 6.45) is 4.93. The van der Waals surface area contributed by atoms with Crippen molar-refractivity contribution in [3.8, 4) is 11.3 Å². The van der Waals surface area contributed by atoms with Crippen molar-refractivity contribution in [2.24, 2.45) is 0 Å². The second-order valence-corrected chi connectivity index (χ2v) is 10.1. The van der Waals surface area contributed by atoms with E-state index in [0.717, 1.165) is 45.5 Å². The molecule has 5 aromatic rings. The van der Waals surface area contributed by atoms with Crippen LogP contribution in [0.5, 0.6) is 0 Å². The predicted molar refractivity (Wildman–Crippen MR) is 155 cm³/mol. The number of hydrogen-bond donors (Lipinski definition) is 1. The van der Waals surface area contributed by atoms with Gasteiger partial charge in [-0.25, -0.2) is 4.98 Å². The highest BCUT2D eigenvalue weighted by atomic mass is 16.5. The third-order valence-electron chi connectivity index (χ3n) is 6.78. The van der Waals surface area contributed by atoms with E-state index in [1.54, 1.807) is 54.7 Å². The molecule has 5 rings (SSSR count). The van der Waals surface area contributed by atoms with Crippen molar-refractivity contribution < 1.29 is 14.1 Å². The van der Waals surface area contributed by atoms with Crippen LogP contribution < -0.4 is 5.32 Å². The number of carbonyl (C=O) groups is 2. The van der Waals surface area contributed by atoms with Crippen LogP contribution in [0.3, 0.4) is 0 Å². The first-order valence-corrected chi connectivity index (χ1v) is 13.2. The summed E-state index contributed by atoms with van der Waals surface area (Å²) in [6, 6.07) is 18.5. The van der Waals surface area contributed by atoms with Crippen LogP contribution in [0.4, 0.5) is 5.69 Å². The highest BCUT2D eigenvalue weighted by Crippen LogP contribution is 2.28. The lowest BCUT2D eigenvalue weighted by Crippen LogP contribution is -2.28. The van der Waals surface area contributed by atoms with Crippen LogP contribution in [0.2, 0.25) is 0 Å². The molecule has 40 heavy (non-hydrogen) atoms. The Morgan fingerprint density at radius 1 is 1.00 bits per heavy atom. The lowest BCUT2D eigenvalue weighted by atomic mass is 9.99. The van der Waals surface area contributed by atoms with Crippen LogP contribution in [0.15, 0.2) is 77.6 Å². The summed E-state index contributed by atoms with van der Waals surface area (Å²) in [5.74, 6) is 0.485. The van der Waals surface area contributed by atoms with Gasteiger partial charge < -0.3 is 14.7 Å². The molecular weight excluding hydrogens is 502 g/mol.